The van der Waals surface area contributed by atoms with Crippen molar-refractivity contribution in [3.63, 3.8) is 0 Å². The van der Waals surface area contributed by atoms with Crippen LogP contribution in [-0.2, 0) is 0 Å². The zero-order chi connectivity index (χ0) is 13.8. The van der Waals surface area contributed by atoms with Gasteiger partial charge in [-0.3, -0.25) is 4.79 Å². The fourth-order valence-electron chi connectivity index (χ4n) is 2.05. The average molecular weight is 256 g/mol. The smallest absolute Gasteiger partial charge is 0.160 e. The summed E-state index contributed by atoms with van der Waals surface area (Å²) in [7, 11) is 3.21. The van der Waals surface area contributed by atoms with E-state index in [1.807, 2.05) is 42.5 Å². The van der Waals surface area contributed by atoms with Gasteiger partial charge in [0.15, 0.2) is 5.78 Å². The van der Waals surface area contributed by atoms with Crippen LogP contribution in [0.25, 0.3) is 11.1 Å². The number of hydrogen-bond donors (Lipinski definition) is 0. The molecule has 3 heteroatoms. The summed E-state index contributed by atoms with van der Waals surface area (Å²) < 4.78 is 10.6. The minimum atomic E-state index is 0.0356. The summed E-state index contributed by atoms with van der Waals surface area (Å²) in [4.78, 5) is 11.7. The number of benzene rings is 2. The largest absolute Gasteiger partial charge is 0.497 e. The second kappa shape index (κ2) is 5.57. The standard InChI is InChI=1S/C16H16O3/c1-11(17)13-6-4-5-7-14(13)15-9-8-12(18-2)10-16(15)19-3/h4-10H,1-3H3. The summed E-state index contributed by atoms with van der Waals surface area (Å²) in [5.74, 6) is 1.45. The highest BCUT2D eigenvalue weighted by Gasteiger charge is 2.13. The van der Waals surface area contributed by atoms with Crippen molar-refractivity contribution in [2.75, 3.05) is 14.2 Å². The predicted octanol–water partition coefficient (Wildman–Crippen LogP) is 3.57. The van der Waals surface area contributed by atoms with E-state index in [0.29, 0.717) is 11.3 Å². The van der Waals surface area contributed by atoms with E-state index in [4.69, 9.17) is 9.47 Å². The Bertz CT molecular complexity index is 603. The van der Waals surface area contributed by atoms with Gasteiger partial charge < -0.3 is 9.47 Å². The molecular weight excluding hydrogens is 240 g/mol. The van der Waals surface area contributed by atoms with Gasteiger partial charge in [-0.2, -0.15) is 0 Å². The van der Waals surface area contributed by atoms with Crippen molar-refractivity contribution >= 4 is 5.78 Å². The Kier molecular flexibility index (Phi) is 3.85. The first-order valence-electron chi connectivity index (χ1n) is 5.99. The molecule has 3 nitrogen and oxygen atoms in total. The summed E-state index contributed by atoms with van der Waals surface area (Å²) in [5.41, 5.74) is 2.44. The van der Waals surface area contributed by atoms with Gasteiger partial charge in [0.1, 0.15) is 11.5 Å². The molecule has 2 aromatic carbocycles. The van der Waals surface area contributed by atoms with E-state index in [1.165, 1.54) is 0 Å². The molecule has 0 aromatic heterocycles. The van der Waals surface area contributed by atoms with Crippen molar-refractivity contribution in [3.05, 3.63) is 48.0 Å². The Labute approximate surface area is 112 Å². The summed E-state index contributed by atoms with van der Waals surface area (Å²) >= 11 is 0. The molecule has 0 radical (unpaired) electrons. The number of Topliss-reactive ketones (excluding diaryl/α,β-unsaturated/α-hetero) is 1. The molecule has 0 bridgehead atoms. The van der Waals surface area contributed by atoms with Crippen LogP contribution >= 0.6 is 0 Å². The molecule has 0 saturated carbocycles. The fourth-order valence-corrected chi connectivity index (χ4v) is 2.05. The average Bonchev–Trinajstić information content (AvgIpc) is 2.46. The SMILES string of the molecule is COc1ccc(-c2ccccc2C(C)=O)c(OC)c1. The third-order valence-electron chi connectivity index (χ3n) is 3.01. The Morgan fingerprint density at radius 3 is 2.32 bits per heavy atom. The summed E-state index contributed by atoms with van der Waals surface area (Å²) in [5, 5.41) is 0. The molecule has 0 aliphatic heterocycles. The van der Waals surface area contributed by atoms with Crippen molar-refractivity contribution in [2.45, 2.75) is 6.92 Å². The lowest BCUT2D eigenvalue weighted by molar-refractivity contribution is 0.101. The quantitative estimate of drug-likeness (QED) is 0.784. The minimum absolute atomic E-state index is 0.0356. The molecule has 0 aliphatic rings. The Morgan fingerprint density at radius 2 is 1.68 bits per heavy atom. The van der Waals surface area contributed by atoms with E-state index >= 15 is 0 Å². The molecule has 0 heterocycles. The van der Waals surface area contributed by atoms with Crippen LogP contribution in [0.4, 0.5) is 0 Å². The third kappa shape index (κ3) is 2.60. The number of ketones is 1. The number of carbonyl (C=O) groups excluding carboxylic acids is 1. The van der Waals surface area contributed by atoms with Crippen LogP contribution in [0.1, 0.15) is 17.3 Å². The predicted molar refractivity (Wildman–Crippen MR) is 75.0 cm³/mol. The first-order valence-corrected chi connectivity index (χ1v) is 5.99. The highest BCUT2D eigenvalue weighted by Crippen LogP contribution is 2.35. The lowest BCUT2D eigenvalue weighted by atomic mass is 9.97. The van der Waals surface area contributed by atoms with Gasteiger partial charge in [-0.1, -0.05) is 24.3 Å². The zero-order valence-corrected chi connectivity index (χ0v) is 11.3. The number of hydrogen-bond acceptors (Lipinski definition) is 3. The number of carbonyl (C=O) groups is 1. The van der Waals surface area contributed by atoms with Crippen molar-refractivity contribution in [1.29, 1.82) is 0 Å². The first-order chi connectivity index (χ1) is 9.17. The van der Waals surface area contributed by atoms with Crippen LogP contribution in [0.2, 0.25) is 0 Å². The maximum Gasteiger partial charge on any atom is 0.160 e. The maximum absolute atomic E-state index is 11.7. The molecule has 0 atom stereocenters. The van der Waals surface area contributed by atoms with Gasteiger partial charge in [0.05, 0.1) is 14.2 Å². The van der Waals surface area contributed by atoms with Crippen LogP contribution in [0.5, 0.6) is 11.5 Å². The molecule has 0 saturated heterocycles. The number of rotatable bonds is 4. The van der Waals surface area contributed by atoms with E-state index in [1.54, 1.807) is 21.1 Å². The second-order valence-electron chi connectivity index (χ2n) is 4.17. The molecule has 0 unspecified atom stereocenters. The molecular formula is C16H16O3. The van der Waals surface area contributed by atoms with Gasteiger partial charge in [0.25, 0.3) is 0 Å². The van der Waals surface area contributed by atoms with Gasteiger partial charge in [-0.05, 0) is 24.6 Å². The van der Waals surface area contributed by atoms with Gasteiger partial charge in [0, 0.05) is 17.2 Å². The summed E-state index contributed by atoms with van der Waals surface area (Å²) in [6.07, 6.45) is 0. The molecule has 19 heavy (non-hydrogen) atoms. The highest BCUT2D eigenvalue weighted by molar-refractivity contribution is 6.01. The van der Waals surface area contributed by atoms with Crippen molar-refractivity contribution < 1.29 is 14.3 Å². The lowest BCUT2D eigenvalue weighted by Gasteiger charge is -2.12. The van der Waals surface area contributed by atoms with Crippen molar-refractivity contribution in [1.82, 2.24) is 0 Å². The van der Waals surface area contributed by atoms with Crippen molar-refractivity contribution in [2.24, 2.45) is 0 Å². The highest BCUT2D eigenvalue weighted by atomic mass is 16.5. The molecule has 0 aliphatic carbocycles. The molecule has 98 valence electrons. The molecule has 0 amide bonds. The molecule has 2 rings (SSSR count). The number of methoxy groups -OCH3 is 2. The van der Waals surface area contributed by atoms with Crippen LogP contribution in [0, 0.1) is 0 Å². The van der Waals surface area contributed by atoms with E-state index in [0.717, 1.165) is 16.9 Å². The van der Waals surface area contributed by atoms with Crippen LogP contribution < -0.4 is 9.47 Å². The van der Waals surface area contributed by atoms with E-state index < -0.39 is 0 Å². The Hall–Kier alpha value is -2.29. The summed E-state index contributed by atoms with van der Waals surface area (Å²) in [6, 6.07) is 13.1. The van der Waals surface area contributed by atoms with E-state index in [9.17, 15) is 4.79 Å². The van der Waals surface area contributed by atoms with Gasteiger partial charge in [-0.25, -0.2) is 0 Å². The fraction of sp³-hybridized carbons (Fsp3) is 0.188. The normalized spacial score (nSPS) is 10.1. The third-order valence-corrected chi connectivity index (χ3v) is 3.01. The van der Waals surface area contributed by atoms with Gasteiger partial charge in [0.2, 0.25) is 0 Å². The zero-order valence-electron chi connectivity index (χ0n) is 11.3. The lowest BCUT2D eigenvalue weighted by Crippen LogP contribution is -1.97. The Morgan fingerprint density at radius 1 is 0.947 bits per heavy atom. The van der Waals surface area contributed by atoms with Crippen molar-refractivity contribution in [3.8, 4) is 22.6 Å². The van der Waals surface area contributed by atoms with Gasteiger partial charge >= 0.3 is 0 Å². The van der Waals surface area contributed by atoms with Gasteiger partial charge in [-0.15, -0.1) is 0 Å². The number of ether oxygens (including phenoxy) is 2. The molecule has 2 aromatic rings. The van der Waals surface area contributed by atoms with Crippen LogP contribution in [0.3, 0.4) is 0 Å². The van der Waals surface area contributed by atoms with Crippen LogP contribution in [0.15, 0.2) is 42.5 Å². The monoisotopic (exact) mass is 256 g/mol. The van der Waals surface area contributed by atoms with Crippen LogP contribution in [-0.4, -0.2) is 20.0 Å². The minimum Gasteiger partial charge on any atom is -0.497 e. The summed E-state index contributed by atoms with van der Waals surface area (Å²) in [6.45, 7) is 1.56. The first kappa shape index (κ1) is 13.1. The van der Waals surface area contributed by atoms with E-state index in [-0.39, 0.29) is 5.78 Å². The molecule has 0 N–H and O–H groups in total. The molecule has 0 spiro atoms. The molecule has 0 fully saturated rings. The Balaban J connectivity index is 2.62. The maximum atomic E-state index is 11.7. The second-order valence-corrected chi connectivity index (χ2v) is 4.17. The topological polar surface area (TPSA) is 35.5 Å². The van der Waals surface area contributed by atoms with E-state index in [2.05, 4.69) is 0 Å².